The molecule has 6 unspecified atom stereocenters. The third-order valence-corrected chi connectivity index (χ3v) is 7.33. The topological polar surface area (TPSA) is 26.3 Å². The van der Waals surface area contributed by atoms with Crippen molar-refractivity contribution in [3.63, 3.8) is 0 Å². The Balaban J connectivity index is 1.42. The summed E-state index contributed by atoms with van der Waals surface area (Å²) in [5, 5.41) is 0. The quantitative estimate of drug-likeness (QED) is 0.757. The van der Waals surface area contributed by atoms with Crippen molar-refractivity contribution >= 4 is 5.78 Å². The summed E-state index contributed by atoms with van der Waals surface area (Å²) < 4.78 is 6.35. The van der Waals surface area contributed by atoms with Crippen LogP contribution in [0, 0.1) is 23.7 Å². The van der Waals surface area contributed by atoms with Gasteiger partial charge in [0.15, 0.2) is 5.78 Å². The summed E-state index contributed by atoms with van der Waals surface area (Å²) in [5.74, 6) is 3.44. The van der Waals surface area contributed by atoms with Gasteiger partial charge in [0.25, 0.3) is 0 Å². The molecule has 3 aliphatic carbocycles. The molecule has 1 spiro atoms. The Kier molecular flexibility index (Phi) is 3.71. The molecular formula is C20H30O2. The summed E-state index contributed by atoms with van der Waals surface area (Å²) in [4.78, 5) is 11.7. The number of allylic oxidation sites excluding steroid dienone is 2. The molecule has 0 aromatic heterocycles. The van der Waals surface area contributed by atoms with Gasteiger partial charge in [-0.1, -0.05) is 18.9 Å². The Morgan fingerprint density at radius 3 is 2.82 bits per heavy atom. The number of carbonyl (C=O) groups is 1. The van der Waals surface area contributed by atoms with Gasteiger partial charge < -0.3 is 4.74 Å². The van der Waals surface area contributed by atoms with E-state index in [9.17, 15) is 4.79 Å². The molecule has 3 fully saturated rings. The van der Waals surface area contributed by atoms with Crippen LogP contribution in [0.1, 0.15) is 71.6 Å². The maximum Gasteiger partial charge on any atom is 0.155 e. The molecule has 1 aliphatic heterocycles. The van der Waals surface area contributed by atoms with Crippen molar-refractivity contribution in [1.29, 1.82) is 0 Å². The van der Waals surface area contributed by atoms with Gasteiger partial charge in [-0.2, -0.15) is 0 Å². The lowest BCUT2D eigenvalue weighted by Gasteiger charge is -2.57. The molecule has 0 aromatic rings. The van der Waals surface area contributed by atoms with Crippen molar-refractivity contribution in [2.24, 2.45) is 23.7 Å². The van der Waals surface area contributed by atoms with Crippen LogP contribution in [0.4, 0.5) is 0 Å². The molecule has 0 aromatic carbocycles. The first-order valence-corrected chi connectivity index (χ1v) is 9.51. The maximum atomic E-state index is 11.7. The number of ketones is 1. The van der Waals surface area contributed by atoms with E-state index in [0.29, 0.717) is 17.8 Å². The summed E-state index contributed by atoms with van der Waals surface area (Å²) in [6.45, 7) is 4.56. The SMILES string of the molecule is CC1CCC(=O)C=C1CCC1CCCC23OC(C)C2CCC13. The van der Waals surface area contributed by atoms with E-state index >= 15 is 0 Å². The van der Waals surface area contributed by atoms with Crippen LogP contribution in [0.15, 0.2) is 11.6 Å². The first-order valence-electron chi connectivity index (χ1n) is 9.51. The normalized spacial score (nSPS) is 47.5. The van der Waals surface area contributed by atoms with E-state index < -0.39 is 0 Å². The predicted octanol–water partition coefficient (Wildman–Crippen LogP) is 4.68. The predicted molar refractivity (Wildman–Crippen MR) is 87.6 cm³/mol. The molecule has 2 saturated carbocycles. The molecule has 22 heavy (non-hydrogen) atoms. The van der Waals surface area contributed by atoms with Crippen LogP contribution in [0.5, 0.6) is 0 Å². The van der Waals surface area contributed by atoms with E-state index in [-0.39, 0.29) is 5.60 Å². The van der Waals surface area contributed by atoms with Crippen LogP contribution >= 0.6 is 0 Å². The van der Waals surface area contributed by atoms with Crippen molar-refractivity contribution in [3.05, 3.63) is 11.6 Å². The lowest BCUT2D eigenvalue weighted by atomic mass is 9.63. The fraction of sp³-hybridized carbons (Fsp3) is 0.850. The van der Waals surface area contributed by atoms with Gasteiger partial charge in [-0.3, -0.25) is 4.79 Å². The Morgan fingerprint density at radius 2 is 2.00 bits per heavy atom. The molecule has 0 bridgehead atoms. The molecule has 0 radical (unpaired) electrons. The molecule has 4 rings (SSSR count). The van der Waals surface area contributed by atoms with Gasteiger partial charge in [0.2, 0.25) is 0 Å². The third kappa shape index (κ3) is 2.21. The van der Waals surface area contributed by atoms with E-state index in [2.05, 4.69) is 13.8 Å². The second kappa shape index (κ2) is 5.47. The van der Waals surface area contributed by atoms with Crippen LogP contribution in [0.3, 0.4) is 0 Å². The van der Waals surface area contributed by atoms with Gasteiger partial charge in [-0.25, -0.2) is 0 Å². The summed E-state index contributed by atoms with van der Waals surface area (Å²) in [5.41, 5.74) is 1.69. The van der Waals surface area contributed by atoms with E-state index in [1.807, 2.05) is 6.08 Å². The van der Waals surface area contributed by atoms with Crippen LogP contribution < -0.4 is 0 Å². The average molecular weight is 302 g/mol. The Morgan fingerprint density at radius 1 is 1.18 bits per heavy atom. The first-order chi connectivity index (χ1) is 10.6. The van der Waals surface area contributed by atoms with Crippen molar-refractivity contribution in [1.82, 2.24) is 0 Å². The number of rotatable bonds is 3. The van der Waals surface area contributed by atoms with Crippen molar-refractivity contribution in [2.45, 2.75) is 83.3 Å². The second-order valence-corrected chi connectivity index (χ2v) is 8.38. The zero-order valence-electron chi connectivity index (χ0n) is 14.1. The van der Waals surface area contributed by atoms with Crippen LogP contribution in [-0.4, -0.2) is 17.5 Å². The Hall–Kier alpha value is -0.630. The molecule has 122 valence electrons. The van der Waals surface area contributed by atoms with Gasteiger partial charge in [0, 0.05) is 12.3 Å². The highest BCUT2D eigenvalue weighted by Gasteiger charge is 2.63. The second-order valence-electron chi connectivity index (χ2n) is 8.38. The lowest BCUT2D eigenvalue weighted by molar-refractivity contribution is -0.274. The Bertz CT molecular complexity index is 490. The molecule has 2 heteroatoms. The first kappa shape index (κ1) is 14.9. The summed E-state index contributed by atoms with van der Waals surface area (Å²) >= 11 is 0. The van der Waals surface area contributed by atoms with Crippen LogP contribution in [0.2, 0.25) is 0 Å². The molecule has 1 heterocycles. The minimum Gasteiger partial charge on any atom is -0.371 e. The number of hydrogen-bond donors (Lipinski definition) is 0. The van der Waals surface area contributed by atoms with Crippen molar-refractivity contribution in [2.75, 3.05) is 0 Å². The van der Waals surface area contributed by atoms with Gasteiger partial charge in [-0.05, 0) is 75.7 Å². The fourth-order valence-corrected chi connectivity index (χ4v) is 6.17. The zero-order valence-corrected chi connectivity index (χ0v) is 14.1. The molecule has 0 amide bonds. The number of hydrogen-bond acceptors (Lipinski definition) is 2. The fourth-order valence-electron chi connectivity index (χ4n) is 6.17. The van der Waals surface area contributed by atoms with Crippen molar-refractivity contribution < 1.29 is 9.53 Å². The number of ether oxygens (including phenoxy) is 1. The summed E-state index contributed by atoms with van der Waals surface area (Å²) in [6.07, 6.45) is 13.5. The molecule has 2 nitrogen and oxygen atoms in total. The molecular weight excluding hydrogens is 272 g/mol. The van der Waals surface area contributed by atoms with E-state index in [4.69, 9.17) is 4.74 Å². The Labute approximate surface area is 134 Å². The van der Waals surface area contributed by atoms with Gasteiger partial charge in [0.1, 0.15) is 0 Å². The highest BCUT2D eigenvalue weighted by atomic mass is 16.5. The standard InChI is InChI=1S/C20H30O2/c1-13-5-8-17(21)12-16(13)7-6-15-4-3-11-20-18(14(2)22-20)9-10-19(15)20/h12-15,18-19H,3-11H2,1-2H3. The molecule has 1 saturated heterocycles. The molecule has 0 N–H and O–H groups in total. The highest BCUT2D eigenvalue weighted by molar-refractivity contribution is 5.91. The zero-order chi connectivity index (χ0) is 15.3. The van der Waals surface area contributed by atoms with E-state index in [1.165, 1.54) is 44.1 Å². The minimum absolute atomic E-state index is 0.269. The summed E-state index contributed by atoms with van der Waals surface area (Å²) in [6, 6.07) is 0. The summed E-state index contributed by atoms with van der Waals surface area (Å²) in [7, 11) is 0. The molecule has 6 atom stereocenters. The van der Waals surface area contributed by atoms with E-state index in [1.54, 1.807) is 0 Å². The van der Waals surface area contributed by atoms with Crippen LogP contribution in [-0.2, 0) is 9.53 Å². The highest BCUT2D eigenvalue weighted by Crippen LogP contribution is 2.62. The average Bonchev–Trinajstić information content (AvgIpc) is 2.81. The molecule has 4 aliphatic rings. The van der Waals surface area contributed by atoms with Gasteiger partial charge in [0.05, 0.1) is 11.7 Å². The maximum absolute atomic E-state index is 11.7. The largest absolute Gasteiger partial charge is 0.371 e. The van der Waals surface area contributed by atoms with Crippen molar-refractivity contribution in [3.8, 4) is 0 Å². The van der Waals surface area contributed by atoms with E-state index in [0.717, 1.165) is 37.0 Å². The minimum atomic E-state index is 0.269. The smallest absolute Gasteiger partial charge is 0.155 e. The van der Waals surface area contributed by atoms with Gasteiger partial charge in [-0.15, -0.1) is 0 Å². The van der Waals surface area contributed by atoms with Crippen LogP contribution in [0.25, 0.3) is 0 Å². The monoisotopic (exact) mass is 302 g/mol. The van der Waals surface area contributed by atoms with Gasteiger partial charge >= 0.3 is 0 Å². The number of carbonyl (C=O) groups excluding carboxylic acids is 1. The lowest BCUT2D eigenvalue weighted by Crippen LogP contribution is -2.61. The third-order valence-electron chi connectivity index (χ3n) is 7.33.